The van der Waals surface area contributed by atoms with Gasteiger partial charge in [-0.25, -0.2) is 0 Å². The summed E-state index contributed by atoms with van der Waals surface area (Å²) < 4.78 is 0. The van der Waals surface area contributed by atoms with Gasteiger partial charge in [-0.2, -0.15) is 0 Å². The van der Waals surface area contributed by atoms with Crippen LogP contribution in [0.1, 0.15) is 43.0 Å². The van der Waals surface area contributed by atoms with E-state index in [1.165, 1.54) is 27.6 Å². The molecule has 24 heavy (non-hydrogen) atoms. The van der Waals surface area contributed by atoms with Crippen molar-refractivity contribution in [2.75, 3.05) is 0 Å². The maximum absolute atomic E-state index is 4.90. The smallest absolute Gasteiger partial charge is 0.0607 e. The van der Waals surface area contributed by atoms with Crippen LogP contribution in [-0.2, 0) is 25.5 Å². The van der Waals surface area contributed by atoms with Gasteiger partial charge in [0.2, 0.25) is 0 Å². The van der Waals surface area contributed by atoms with Crippen molar-refractivity contribution >= 4 is 23.1 Å². The van der Waals surface area contributed by atoms with Crippen LogP contribution >= 0.6 is 0 Å². The summed E-state index contributed by atoms with van der Waals surface area (Å²) >= 11 is 0. The van der Waals surface area contributed by atoms with Gasteiger partial charge in [0.25, 0.3) is 0 Å². The third-order valence-electron chi connectivity index (χ3n) is 4.64. The minimum Gasteiger partial charge on any atom is -0.296 e. The molecule has 1 heterocycles. The average Bonchev–Trinajstić information content (AvgIpc) is 2.95. The van der Waals surface area contributed by atoms with E-state index in [0.717, 1.165) is 16.8 Å². The fourth-order valence-electron chi connectivity index (χ4n) is 3.23. The monoisotopic (exact) mass is 491 g/mol. The van der Waals surface area contributed by atoms with Gasteiger partial charge in [0, 0.05) is 25.5 Å². The summed E-state index contributed by atoms with van der Waals surface area (Å²) in [6, 6.07) is 16.2. The fourth-order valence-corrected chi connectivity index (χ4v) is 3.23. The van der Waals surface area contributed by atoms with Crippen molar-refractivity contribution in [2.45, 2.75) is 33.1 Å². The molecule has 123 valence electrons. The van der Waals surface area contributed by atoms with Crippen molar-refractivity contribution in [1.29, 1.82) is 0 Å². The maximum atomic E-state index is 4.90. The van der Waals surface area contributed by atoms with Gasteiger partial charge < -0.3 is 0 Å². The Kier molecular flexibility index (Phi) is 4.23. The molecule has 1 aliphatic rings. The number of nitrogens with zero attached hydrogens (tertiary/aromatic N) is 1. The molecule has 4 rings (SSSR count). The summed E-state index contributed by atoms with van der Waals surface area (Å²) in [5.41, 5.74) is 8.45. The molecule has 0 bridgehead atoms. The van der Waals surface area contributed by atoms with Gasteiger partial charge in [0.1, 0.15) is 0 Å². The van der Waals surface area contributed by atoms with E-state index in [1.807, 2.05) is 6.07 Å². The molecule has 0 N–H and O–H groups in total. The SMILES string of the molecule is Cc1ccc2nc(-c3[c-]ccc(C(C)(C)C)c3)cc3c2c1C=C3.[Ir]. The zero-order valence-corrected chi connectivity index (χ0v) is 16.8. The molecule has 1 radical (unpaired) electrons. The molecule has 2 aromatic carbocycles. The number of aryl methyl sites for hydroxylation is 1. The number of benzene rings is 2. The second-order valence-corrected chi connectivity index (χ2v) is 7.36. The van der Waals surface area contributed by atoms with Gasteiger partial charge in [0.15, 0.2) is 0 Å². The van der Waals surface area contributed by atoms with Crippen LogP contribution in [0, 0.1) is 13.0 Å². The Morgan fingerprint density at radius 1 is 1.00 bits per heavy atom. The molecule has 0 fully saturated rings. The fraction of sp³-hybridized carbons (Fsp3) is 0.227. The molecule has 0 saturated carbocycles. The number of hydrogen-bond donors (Lipinski definition) is 0. The van der Waals surface area contributed by atoms with Crippen LogP contribution in [0.5, 0.6) is 0 Å². The Morgan fingerprint density at radius 3 is 2.54 bits per heavy atom. The quantitative estimate of drug-likeness (QED) is 0.308. The van der Waals surface area contributed by atoms with Crippen LogP contribution in [0.25, 0.3) is 34.3 Å². The van der Waals surface area contributed by atoms with Crippen LogP contribution in [0.3, 0.4) is 0 Å². The zero-order valence-electron chi connectivity index (χ0n) is 14.4. The standard InChI is InChI=1S/C22H20N.Ir/c1-14-8-11-19-21-16(9-10-18(14)21)13-20(23-19)15-6-5-7-17(12-15)22(2,3)4;/h5,7-13H,1-4H3;/q-1;. The van der Waals surface area contributed by atoms with Crippen molar-refractivity contribution in [3.63, 3.8) is 0 Å². The molecule has 1 aliphatic carbocycles. The molecular formula is C22H20IrN-. The number of rotatable bonds is 1. The number of hydrogen-bond acceptors (Lipinski definition) is 1. The molecule has 1 aromatic heterocycles. The minimum absolute atomic E-state index is 0. The molecule has 0 spiro atoms. The first-order valence-corrected chi connectivity index (χ1v) is 8.08. The molecule has 0 amide bonds. The van der Waals surface area contributed by atoms with E-state index >= 15 is 0 Å². The van der Waals surface area contributed by atoms with Crippen LogP contribution < -0.4 is 0 Å². The molecular weight excluding hydrogens is 470 g/mol. The zero-order chi connectivity index (χ0) is 16.2. The van der Waals surface area contributed by atoms with Gasteiger partial charge in [-0.3, -0.25) is 4.98 Å². The molecule has 2 heteroatoms. The van der Waals surface area contributed by atoms with E-state index in [0.29, 0.717) is 0 Å². The molecule has 0 aliphatic heterocycles. The predicted octanol–water partition coefficient (Wildman–Crippen LogP) is 5.79. The van der Waals surface area contributed by atoms with E-state index in [-0.39, 0.29) is 25.5 Å². The summed E-state index contributed by atoms with van der Waals surface area (Å²) in [5, 5.41) is 1.28. The molecule has 0 unspecified atom stereocenters. The Labute approximate surface area is 157 Å². The van der Waals surface area contributed by atoms with Crippen molar-refractivity contribution in [2.24, 2.45) is 0 Å². The van der Waals surface area contributed by atoms with E-state index in [1.54, 1.807) is 0 Å². The van der Waals surface area contributed by atoms with Crippen molar-refractivity contribution < 1.29 is 20.1 Å². The Bertz CT molecular complexity index is 962. The Balaban J connectivity index is 0.00000169. The first-order chi connectivity index (χ1) is 10.9. The summed E-state index contributed by atoms with van der Waals surface area (Å²) in [5.74, 6) is 0. The van der Waals surface area contributed by atoms with Crippen LogP contribution in [0.15, 0.2) is 36.4 Å². The third kappa shape index (κ3) is 2.75. The van der Waals surface area contributed by atoms with Gasteiger partial charge in [-0.1, -0.05) is 45.1 Å². The Hall–Kier alpha value is -1.76. The van der Waals surface area contributed by atoms with E-state index in [4.69, 9.17) is 4.98 Å². The van der Waals surface area contributed by atoms with Crippen LogP contribution in [-0.4, -0.2) is 4.98 Å². The normalized spacial score (nSPS) is 12.5. The second-order valence-electron chi connectivity index (χ2n) is 7.36. The maximum Gasteiger partial charge on any atom is 0.0607 e. The summed E-state index contributed by atoms with van der Waals surface area (Å²) in [7, 11) is 0. The largest absolute Gasteiger partial charge is 0.296 e. The van der Waals surface area contributed by atoms with Crippen molar-refractivity contribution in [1.82, 2.24) is 4.98 Å². The summed E-state index contributed by atoms with van der Waals surface area (Å²) in [6.45, 7) is 8.86. The van der Waals surface area contributed by atoms with E-state index in [2.05, 4.69) is 76.2 Å². The van der Waals surface area contributed by atoms with Gasteiger partial charge >= 0.3 is 0 Å². The molecule has 0 saturated heterocycles. The second kappa shape index (κ2) is 5.95. The summed E-state index contributed by atoms with van der Waals surface area (Å²) in [6.07, 6.45) is 4.40. The van der Waals surface area contributed by atoms with Gasteiger partial charge in [-0.15, -0.1) is 35.4 Å². The summed E-state index contributed by atoms with van der Waals surface area (Å²) in [4.78, 5) is 4.90. The first-order valence-electron chi connectivity index (χ1n) is 8.08. The topological polar surface area (TPSA) is 12.9 Å². The average molecular weight is 491 g/mol. The van der Waals surface area contributed by atoms with Gasteiger partial charge in [-0.05, 0) is 40.8 Å². The molecule has 1 nitrogen and oxygen atoms in total. The Morgan fingerprint density at radius 2 is 1.79 bits per heavy atom. The number of aromatic nitrogens is 1. The predicted molar refractivity (Wildman–Crippen MR) is 98.4 cm³/mol. The molecule has 3 aromatic rings. The van der Waals surface area contributed by atoms with Crippen LogP contribution in [0.2, 0.25) is 0 Å². The molecule has 0 atom stereocenters. The first kappa shape index (κ1) is 17.1. The number of pyridine rings is 1. The van der Waals surface area contributed by atoms with Crippen LogP contribution in [0.4, 0.5) is 0 Å². The van der Waals surface area contributed by atoms with Crippen molar-refractivity contribution in [3.05, 3.63) is 64.7 Å². The minimum atomic E-state index is 0. The van der Waals surface area contributed by atoms with Gasteiger partial charge in [0.05, 0.1) is 5.52 Å². The third-order valence-corrected chi connectivity index (χ3v) is 4.64. The van der Waals surface area contributed by atoms with Crippen molar-refractivity contribution in [3.8, 4) is 11.3 Å². The van der Waals surface area contributed by atoms with E-state index in [9.17, 15) is 0 Å². The van der Waals surface area contributed by atoms with E-state index < -0.39 is 0 Å².